The van der Waals surface area contributed by atoms with Crippen LogP contribution in [0.15, 0.2) is 47.4 Å². The second-order valence-corrected chi connectivity index (χ2v) is 9.54. The number of ether oxygens (including phenoxy) is 1. The fraction of sp³-hybridized carbons (Fsp3) is 0.381. The molecule has 29 heavy (non-hydrogen) atoms. The number of methoxy groups -OCH3 is 1. The van der Waals surface area contributed by atoms with E-state index in [9.17, 15) is 13.2 Å². The number of halogens is 1. The van der Waals surface area contributed by atoms with Gasteiger partial charge in [0.15, 0.2) is 0 Å². The molecule has 1 fully saturated rings. The lowest BCUT2D eigenvalue weighted by molar-refractivity contribution is -0.126. The lowest BCUT2D eigenvalue weighted by Crippen LogP contribution is -2.45. The van der Waals surface area contributed by atoms with Gasteiger partial charge >= 0.3 is 0 Å². The summed E-state index contributed by atoms with van der Waals surface area (Å²) in [5.74, 6) is -0.220. The van der Waals surface area contributed by atoms with Gasteiger partial charge in [0, 0.05) is 24.7 Å². The Balaban J connectivity index is 1.70. The summed E-state index contributed by atoms with van der Waals surface area (Å²) in [5, 5.41) is 3.54. The van der Waals surface area contributed by atoms with E-state index in [1.54, 1.807) is 30.3 Å². The SMILES string of the molecule is COc1ccc(C)cc1S(=O)(=O)N1CCC[C@@H](C(=O)NCc2ccc(Cl)cc2)C1. The molecule has 3 rings (SSSR count). The van der Waals surface area contributed by atoms with Gasteiger partial charge in [0.05, 0.1) is 13.0 Å². The first-order valence-corrected chi connectivity index (χ1v) is 11.3. The molecule has 1 aliphatic rings. The van der Waals surface area contributed by atoms with Gasteiger partial charge in [-0.05, 0) is 55.2 Å². The van der Waals surface area contributed by atoms with E-state index in [0.717, 1.165) is 11.1 Å². The average Bonchev–Trinajstić information content (AvgIpc) is 2.73. The van der Waals surface area contributed by atoms with Crippen molar-refractivity contribution in [3.63, 3.8) is 0 Å². The normalized spacial score (nSPS) is 17.7. The van der Waals surface area contributed by atoms with Gasteiger partial charge in [-0.1, -0.05) is 29.8 Å². The summed E-state index contributed by atoms with van der Waals surface area (Å²) in [6.45, 7) is 2.76. The fourth-order valence-corrected chi connectivity index (χ4v) is 5.33. The first-order valence-electron chi connectivity index (χ1n) is 9.48. The van der Waals surface area contributed by atoms with Crippen LogP contribution in [0, 0.1) is 12.8 Å². The highest BCUT2D eigenvalue weighted by atomic mass is 35.5. The van der Waals surface area contributed by atoms with Crippen molar-refractivity contribution >= 4 is 27.5 Å². The monoisotopic (exact) mass is 436 g/mol. The van der Waals surface area contributed by atoms with Crippen LogP contribution in [0.2, 0.25) is 5.02 Å². The fourth-order valence-electron chi connectivity index (χ4n) is 3.44. The molecule has 1 heterocycles. The average molecular weight is 437 g/mol. The molecule has 1 aliphatic heterocycles. The topological polar surface area (TPSA) is 75.7 Å². The van der Waals surface area contributed by atoms with E-state index in [2.05, 4.69) is 5.32 Å². The number of carbonyl (C=O) groups is 1. The Labute approximate surface area is 176 Å². The predicted octanol–water partition coefficient (Wildman–Crippen LogP) is 3.37. The molecule has 0 bridgehead atoms. The molecule has 6 nitrogen and oxygen atoms in total. The molecule has 156 valence electrons. The van der Waals surface area contributed by atoms with Crippen LogP contribution in [-0.4, -0.2) is 38.8 Å². The van der Waals surface area contributed by atoms with Crippen LogP contribution < -0.4 is 10.1 Å². The Morgan fingerprint density at radius 3 is 2.66 bits per heavy atom. The number of sulfonamides is 1. The summed E-state index contributed by atoms with van der Waals surface area (Å²) in [6.07, 6.45) is 1.29. The van der Waals surface area contributed by atoms with Crippen LogP contribution in [0.1, 0.15) is 24.0 Å². The minimum absolute atomic E-state index is 0.141. The van der Waals surface area contributed by atoms with Crippen LogP contribution in [0.5, 0.6) is 5.75 Å². The number of amides is 1. The number of nitrogens with zero attached hydrogens (tertiary/aromatic N) is 1. The van der Waals surface area contributed by atoms with Crippen LogP contribution in [0.25, 0.3) is 0 Å². The van der Waals surface area contributed by atoms with E-state index in [-0.39, 0.29) is 23.3 Å². The maximum atomic E-state index is 13.2. The first kappa shape index (κ1) is 21.6. The number of hydrogen-bond donors (Lipinski definition) is 1. The summed E-state index contributed by atoms with van der Waals surface area (Å²) in [6, 6.07) is 12.3. The third kappa shape index (κ3) is 5.10. The number of carbonyl (C=O) groups excluding carboxylic acids is 1. The summed E-state index contributed by atoms with van der Waals surface area (Å²) in [7, 11) is -2.30. The maximum Gasteiger partial charge on any atom is 0.246 e. The van der Waals surface area contributed by atoms with E-state index in [1.165, 1.54) is 11.4 Å². The molecular weight excluding hydrogens is 412 g/mol. The van der Waals surface area contributed by atoms with Crippen molar-refractivity contribution in [1.29, 1.82) is 0 Å². The number of benzene rings is 2. The molecule has 0 unspecified atom stereocenters. The van der Waals surface area contributed by atoms with Gasteiger partial charge in [-0.2, -0.15) is 4.31 Å². The van der Waals surface area contributed by atoms with Crippen LogP contribution in [-0.2, 0) is 21.4 Å². The second kappa shape index (κ2) is 9.15. The van der Waals surface area contributed by atoms with E-state index in [0.29, 0.717) is 36.7 Å². The summed E-state index contributed by atoms with van der Waals surface area (Å²) in [4.78, 5) is 12.8. The zero-order valence-electron chi connectivity index (χ0n) is 16.5. The molecule has 1 N–H and O–H groups in total. The smallest absolute Gasteiger partial charge is 0.246 e. The van der Waals surface area contributed by atoms with Crippen molar-refractivity contribution in [1.82, 2.24) is 9.62 Å². The Morgan fingerprint density at radius 2 is 1.97 bits per heavy atom. The Bertz CT molecular complexity index is 977. The van der Waals surface area contributed by atoms with E-state index >= 15 is 0 Å². The van der Waals surface area contributed by atoms with Crippen molar-refractivity contribution in [2.45, 2.75) is 31.2 Å². The zero-order chi connectivity index (χ0) is 21.0. The third-order valence-electron chi connectivity index (χ3n) is 5.07. The van der Waals surface area contributed by atoms with Crippen molar-refractivity contribution in [3.8, 4) is 5.75 Å². The molecule has 0 aliphatic carbocycles. The van der Waals surface area contributed by atoms with Crippen molar-refractivity contribution in [2.75, 3.05) is 20.2 Å². The summed E-state index contributed by atoms with van der Waals surface area (Å²) in [5.41, 5.74) is 1.77. The van der Waals surface area contributed by atoms with Gasteiger partial charge in [0.25, 0.3) is 0 Å². The van der Waals surface area contributed by atoms with Crippen molar-refractivity contribution in [2.24, 2.45) is 5.92 Å². The van der Waals surface area contributed by atoms with Crippen LogP contribution in [0.3, 0.4) is 0 Å². The van der Waals surface area contributed by atoms with Gasteiger partial charge in [-0.25, -0.2) is 8.42 Å². The zero-order valence-corrected chi connectivity index (χ0v) is 18.1. The number of rotatable bonds is 6. The molecule has 1 amide bonds. The van der Waals surface area contributed by atoms with E-state index in [1.807, 2.05) is 19.1 Å². The standard InChI is InChI=1S/C21H25ClN2O4S/c1-15-5-10-19(28-2)20(12-15)29(26,27)24-11-3-4-17(14-24)21(25)23-13-16-6-8-18(22)9-7-16/h5-10,12,17H,3-4,11,13-14H2,1-2H3,(H,23,25)/t17-/m1/s1. The Morgan fingerprint density at radius 1 is 1.24 bits per heavy atom. The molecule has 2 aromatic rings. The molecule has 0 aromatic heterocycles. The van der Waals surface area contributed by atoms with E-state index in [4.69, 9.17) is 16.3 Å². The summed E-state index contributed by atoms with van der Waals surface area (Å²) >= 11 is 5.88. The quantitative estimate of drug-likeness (QED) is 0.753. The highest BCUT2D eigenvalue weighted by Gasteiger charge is 2.34. The third-order valence-corrected chi connectivity index (χ3v) is 7.21. The molecule has 0 spiro atoms. The second-order valence-electron chi connectivity index (χ2n) is 7.20. The largest absolute Gasteiger partial charge is 0.495 e. The van der Waals surface area contributed by atoms with Crippen LogP contribution in [0.4, 0.5) is 0 Å². The molecule has 0 radical (unpaired) electrons. The Kier molecular flexibility index (Phi) is 6.82. The Hall–Kier alpha value is -2.09. The highest BCUT2D eigenvalue weighted by molar-refractivity contribution is 7.89. The molecule has 2 aromatic carbocycles. The van der Waals surface area contributed by atoms with Gasteiger partial charge < -0.3 is 10.1 Å². The molecule has 1 atom stereocenters. The van der Waals surface area contributed by atoms with Gasteiger partial charge in [-0.15, -0.1) is 0 Å². The number of aryl methyl sites for hydroxylation is 1. The molecule has 1 saturated heterocycles. The minimum atomic E-state index is -3.75. The number of piperidine rings is 1. The predicted molar refractivity (Wildman–Crippen MR) is 113 cm³/mol. The van der Waals surface area contributed by atoms with Crippen molar-refractivity contribution < 1.29 is 17.9 Å². The summed E-state index contributed by atoms with van der Waals surface area (Å²) < 4.78 is 33.0. The molecular formula is C21H25ClN2O4S. The number of nitrogens with one attached hydrogen (secondary N) is 1. The molecule has 8 heteroatoms. The lowest BCUT2D eigenvalue weighted by Gasteiger charge is -2.31. The lowest BCUT2D eigenvalue weighted by atomic mass is 9.99. The number of hydrogen-bond acceptors (Lipinski definition) is 4. The van der Waals surface area contributed by atoms with Gasteiger partial charge in [-0.3, -0.25) is 4.79 Å². The van der Waals surface area contributed by atoms with E-state index < -0.39 is 10.0 Å². The minimum Gasteiger partial charge on any atom is -0.495 e. The van der Waals surface area contributed by atoms with Crippen LogP contribution >= 0.6 is 11.6 Å². The highest BCUT2D eigenvalue weighted by Crippen LogP contribution is 2.30. The van der Waals surface area contributed by atoms with Crippen molar-refractivity contribution in [3.05, 3.63) is 58.6 Å². The molecule has 0 saturated carbocycles. The van der Waals surface area contributed by atoms with Gasteiger partial charge in [0.1, 0.15) is 10.6 Å². The maximum absolute atomic E-state index is 13.2. The first-order chi connectivity index (χ1) is 13.8. The van der Waals surface area contributed by atoms with Gasteiger partial charge in [0.2, 0.25) is 15.9 Å².